The molecule has 0 amide bonds. The minimum absolute atomic E-state index is 0.206. The standard InChI is InChI=1S/C10H11O4P/c1-2-14-15(11,12)9-3-4-10-8(7-9)5-6-13-10/h3-7H,2H2,1H3,(H,11,12). The lowest BCUT2D eigenvalue weighted by atomic mass is 10.3. The van der Waals surface area contributed by atoms with E-state index in [2.05, 4.69) is 0 Å². The number of benzene rings is 1. The molecule has 1 unspecified atom stereocenters. The van der Waals surface area contributed by atoms with Crippen LogP contribution in [0.2, 0.25) is 0 Å². The molecule has 5 heteroatoms. The summed E-state index contributed by atoms with van der Waals surface area (Å²) in [5.41, 5.74) is 0.690. The zero-order chi connectivity index (χ0) is 10.9. The van der Waals surface area contributed by atoms with E-state index in [1.165, 1.54) is 6.26 Å². The largest absolute Gasteiger partial charge is 0.464 e. The molecule has 0 spiro atoms. The number of hydrogen-bond acceptors (Lipinski definition) is 3. The van der Waals surface area contributed by atoms with Gasteiger partial charge in [-0.3, -0.25) is 4.57 Å². The second-order valence-electron chi connectivity index (χ2n) is 3.08. The highest BCUT2D eigenvalue weighted by Gasteiger charge is 2.22. The summed E-state index contributed by atoms with van der Waals surface area (Å²) in [4.78, 5) is 9.59. The first kappa shape index (κ1) is 10.4. The zero-order valence-corrected chi connectivity index (χ0v) is 9.11. The Labute approximate surface area is 87.0 Å². The second kappa shape index (κ2) is 3.81. The van der Waals surface area contributed by atoms with Crippen molar-refractivity contribution in [2.75, 3.05) is 6.61 Å². The summed E-state index contributed by atoms with van der Waals surface area (Å²) in [5.74, 6) is 0. The van der Waals surface area contributed by atoms with Crippen LogP contribution in [0.15, 0.2) is 34.9 Å². The quantitative estimate of drug-likeness (QED) is 0.815. The molecule has 2 rings (SSSR count). The van der Waals surface area contributed by atoms with Gasteiger partial charge in [0.05, 0.1) is 18.2 Å². The summed E-state index contributed by atoms with van der Waals surface area (Å²) >= 11 is 0. The van der Waals surface area contributed by atoms with Gasteiger partial charge < -0.3 is 13.8 Å². The van der Waals surface area contributed by atoms with Crippen LogP contribution in [-0.2, 0) is 9.09 Å². The first-order valence-corrected chi connectivity index (χ1v) is 6.16. The van der Waals surface area contributed by atoms with Gasteiger partial charge in [0.1, 0.15) is 5.58 Å². The first-order valence-electron chi connectivity index (χ1n) is 4.58. The Hall–Kier alpha value is -1.09. The third-order valence-corrected chi connectivity index (χ3v) is 3.61. The van der Waals surface area contributed by atoms with Crippen LogP contribution in [0, 0.1) is 0 Å². The fourth-order valence-electron chi connectivity index (χ4n) is 1.38. The molecule has 1 heterocycles. The van der Waals surface area contributed by atoms with Gasteiger partial charge in [0.2, 0.25) is 0 Å². The van der Waals surface area contributed by atoms with Gasteiger partial charge >= 0.3 is 7.60 Å². The van der Waals surface area contributed by atoms with Crippen molar-refractivity contribution >= 4 is 23.9 Å². The summed E-state index contributed by atoms with van der Waals surface area (Å²) in [6.45, 7) is 1.89. The van der Waals surface area contributed by atoms with E-state index in [0.717, 1.165) is 5.39 Å². The molecule has 1 N–H and O–H groups in total. The maximum atomic E-state index is 11.7. The molecule has 15 heavy (non-hydrogen) atoms. The van der Waals surface area contributed by atoms with Gasteiger partial charge in [-0.25, -0.2) is 0 Å². The molecule has 4 nitrogen and oxygen atoms in total. The van der Waals surface area contributed by atoms with Crippen molar-refractivity contribution < 1.29 is 18.4 Å². The second-order valence-corrected chi connectivity index (χ2v) is 4.90. The molecule has 0 fully saturated rings. The number of rotatable bonds is 3. The van der Waals surface area contributed by atoms with Gasteiger partial charge in [-0.15, -0.1) is 0 Å². The summed E-state index contributed by atoms with van der Waals surface area (Å²) in [7, 11) is -3.67. The highest BCUT2D eigenvalue weighted by atomic mass is 31.2. The van der Waals surface area contributed by atoms with E-state index in [4.69, 9.17) is 8.94 Å². The smallest absolute Gasteiger partial charge is 0.358 e. The molecule has 1 atom stereocenters. The minimum atomic E-state index is -3.67. The average Bonchev–Trinajstić information content (AvgIpc) is 2.63. The lowest BCUT2D eigenvalue weighted by molar-refractivity contribution is 0.284. The van der Waals surface area contributed by atoms with Crippen molar-refractivity contribution in [3.63, 3.8) is 0 Å². The predicted octanol–water partition coefficient (Wildman–Crippen LogP) is 2.28. The van der Waals surface area contributed by atoms with E-state index in [-0.39, 0.29) is 6.61 Å². The van der Waals surface area contributed by atoms with E-state index in [0.29, 0.717) is 10.9 Å². The number of fused-ring (bicyclic) bond motifs is 1. The zero-order valence-electron chi connectivity index (χ0n) is 8.21. The maximum Gasteiger partial charge on any atom is 0.358 e. The molecule has 1 aromatic carbocycles. The number of furan rings is 1. The van der Waals surface area contributed by atoms with Crippen LogP contribution in [0.3, 0.4) is 0 Å². The maximum absolute atomic E-state index is 11.7. The Kier molecular flexibility index (Phi) is 2.65. The molecule has 0 radical (unpaired) electrons. The van der Waals surface area contributed by atoms with Crippen LogP contribution in [-0.4, -0.2) is 11.5 Å². The van der Waals surface area contributed by atoms with Crippen LogP contribution in [0.5, 0.6) is 0 Å². The van der Waals surface area contributed by atoms with Crippen molar-refractivity contribution in [1.29, 1.82) is 0 Å². The van der Waals surface area contributed by atoms with Crippen LogP contribution in [0.1, 0.15) is 6.92 Å². The third kappa shape index (κ3) is 1.97. The molecule has 0 bridgehead atoms. The van der Waals surface area contributed by atoms with Crippen molar-refractivity contribution in [2.24, 2.45) is 0 Å². The fraction of sp³-hybridized carbons (Fsp3) is 0.200. The Morgan fingerprint density at radius 1 is 1.47 bits per heavy atom. The summed E-state index contributed by atoms with van der Waals surface area (Å²) in [5, 5.41) is 1.08. The third-order valence-electron chi connectivity index (χ3n) is 2.07. The Morgan fingerprint density at radius 2 is 2.27 bits per heavy atom. The van der Waals surface area contributed by atoms with Crippen LogP contribution in [0.4, 0.5) is 0 Å². The van der Waals surface area contributed by atoms with E-state index in [1.54, 1.807) is 31.2 Å². The minimum Gasteiger partial charge on any atom is -0.464 e. The Bertz CT molecular complexity index is 517. The van der Waals surface area contributed by atoms with Crippen LogP contribution >= 0.6 is 7.60 Å². The first-order chi connectivity index (χ1) is 7.13. The van der Waals surface area contributed by atoms with Gasteiger partial charge in [-0.05, 0) is 31.2 Å². The molecule has 0 saturated heterocycles. The topological polar surface area (TPSA) is 59.7 Å². The molecule has 80 valence electrons. The van der Waals surface area contributed by atoms with Crippen LogP contribution < -0.4 is 5.30 Å². The number of hydrogen-bond donors (Lipinski definition) is 1. The fourth-order valence-corrected chi connectivity index (χ4v) is 2.44. The van der Waals surface area contributed by atoms with E-state index >= 15 is 0 Å². The SMILES string of the molecule is CCOP(=O)(O)c1ccc2occc2c1. The van der Waals surface area contributed by atoms with Gasteiger partial charge in [-0.1, -0.05) is 0 Å². The van der Waals surface area contributed by atoms with Crippen molar-refractivity contribution in [3.8, 4) is 0 Å². The molecule has 2 aromatic rings. The molecular weight excluding hydrogens is 215 g/mol. The summed E-state index contributed by atoms with van der Waals surface area (Å²) < 4.78 is 21.6. The van der Waals surface area contributed by atoms with E-state index in [1.807, 2.05) is 0 Å². The Morgan fingerprint density at radius 3 is 3.00 bits per heavy atom. The molecule has 0 saturated carbocycles. The van der Waals surface area contributed by atoms with Gasteiger partial charge in [0.15, 0.2) is 0 Å². The molecule has 0 aliphatic carbocycles. The summed E-state index contributed by atoms with van der Waals surface area (Å²) in [6, 6.07) is 6.55. The molecule has 0 aliphatic rings. The van der Waals surface area contributed by atoms with Gasteiger partial charge in [-0.2, -0.15) is 0 Å². The van der Waals surface area contributed by atoms with Crippen molar-refractivity contribution in [3.05, 3.63) is 30.5 Å². The highest BCUT2D eigenvalue weighted by molar-refractivity contribution is 7.61. The molecular formula is C10H11O4P. The predicted molar refractivity (Wildman–Crippen MR) is 57.3 cm³/mol. The van der Waals surface area contributed by atoms with E-state index < -0.39 is 7.60 Å². The normalized spacial score (nSPS) is 15.3. The van der Waals surface area contributed by atoms with Crippen molar-refractivity contribution in [2.45, 2.75) is 6.92 Å². The molecule has 1 aromatic heterocycles. The Balaban J connectivity index is 2.47. The lowest BCUT2D eigenvalue weighted by Crippen LogP contribution is -2.06. The monoisotopic (exact) mass is 226 g/mol. The average molecular weight is 226 g/mol. The lowest BCUT2D eigenvalue weighted by Gasteiger charge is -2.10. The summed E-state index contributed by atoms with van der Waals surface area (Å²) in [6.07, 6.45) is 1.54. The highest BCUT2D eigenvalue weighted by Crippen LogP contribution is 2.40. The van der Waals surface area contributed by atoms with Crippen LogP contribution in [0.25, 0.3) is 11.0 Å². The van der Waals surface area contributed by atoms with E-state index in [9.17, 15) is 9.46 Å². The van der Waals surface area contributed by atoms with Gasteiger partial charge in [0, 0.05) is 5.39 Å². The van der Waals surface area contributed by atoms with Gasteiger partial charge in [0.25, 0.3) is 0 Å². The molecule has 0 aliphatic heterocycles. The van der Waals surface area contributed by atoms with Crippen molar-refractivity contribution in [1.82, 2.24) is 0 Å².